The summed E-state index contributed by atoms with van der Waals surface area (Å²) in [5, 5.41) is 12.1. The Balaban J connectivity index is 1.26. The highest BCUT2D eigenvalue weighted by Crippen LogP contribution is 2.53. The van der Waals surface area contributed by atoms with E-state index in [0.717, 1.165) is 18.7 Å². The summed E-state index contributed by atoms with van der Waals surface area (Å²) in [5.41, 5.74) is 3.10. The van der Waals surface area contributed by atoms with Crippen LogP contribution in [0.2, 0.25) is 0 Å². The molecule has 2 amide bonds. The fraction of sp³-hybridized carbons (Fsp3) is 0.407. The molecule has 0 spiro atoms. The van der Waals surface area contributed by atoms with E-state index < -0.39 is 4.92 Å². The molecule has 2 aliphatic carbocycles. The summed E-state index contributed by atoms with van der Waals surface area (Å²) in [6.07, 6.45) is 4.94. The number of benzene rings is 2. The van der Waals surface area contributed by atoms with Crippen LogP contribution in [0.15, 0.2) is 54.6 Å². The zero-order chi connectivity index (χ0) is 24.4. The third-order valence-corrected chi connectivity index (χ3v) is 8.19. The van der Waals surface area contributed by atoms with Crippen molar-refractivity contribution in [3.8, 4) is 0 Å². The lowest BCUT2D eigenvalue weighted by molar-refractivity contribution is -0.384. The highest BCUT2D eigenvalue weighted by atomic mass is 16.6. The van der Waals surface area contributed by atoms with Gasteiger partial charge in [0.25, 0.3) is 5.69 Å². The third kappa shape index (κ3) is 3.34. The highest BCUT2D eigenvalue weighted by Gasteiger charge is 2.59. The van der Waals surface area contributed by atoms with Gasteiger partial charge in [0.15, 0.2) is 0 Å². The molecule has 2 heterocycles. The van der Waals surface area contributed by atoms with Crippen molar-refractivity contribution < 1.29 is 14.5 Å². The van der Waals surface area contributed by atoms with Gasteiger partial charge in [-0.05, 0) is 61.9 Å². The van der Waals surface area contributed by atoms with Crippen molar-refractivity contribution in [2.75, 3.05) is 34.3 Å². The summed E-state index contributed by atoms with van der Waals surface area (Å²) in [4.78, 5) is 43.6. The van der Waals surface area contributed by atoms with Crippen molar-refractivity contribution in [3.63, 3.8) is 0 Å². The van der Waals surface area contributed by atoms with Gasteiger partial charge in [0.1, 0.15) is 5.69 Å². The number of allylic oxidation sites excluding steroid dienone is 2. The monoisotopic (exact) mass is 472 g/mol. The number of aryl methyl sites for hydroxylation is 1. The van der Waals surface area contributed by atoms with E-state index in [1.165, 1.54) is 16.5 Å². The van der Waals surface area contributed by atoms with E-state index in [2.05, 4.69) is 36.9 Å². The summed E-state index contributed by atoms with van der Waals surface area (Å²) < 4.78 is 0. The molecule has 2 bridgehead atoms. The van der Waals surface area contributed by atoms with Crippen LogP contribution >= 0.6 is 0 Å². The molecule has 0 unspecified atom stereocenters. The number of hydrogen-bond acceptors (Lipinski definition) is 6. The summed E-state index contributed by atoms with van der Waals surface area (Å²) in [7, 11) is 0. The third-order valence-electron chi connectivity index (χ3n) is 8.19. The number of amides is 2. The van der Waals surface area contributed by atoms with Gasteiger partial charge in [-0.3, -0.25) is 19.7 Å². The Labute approximate surface area is 204 Å². The van der Waals surface area contributed by atoms with Gasteiger partial charge in [0.2, 0.25) is 11.8 Å². The fourth-order valence-corrected chi connectivity index (χ4v) is 6.59. The van der Waals surface area contributed by atoms with Crippen molar-refractivity contribution >= 4 is 34.6 Å². The Hall–Kier alpha value is -3.68. The number of carbonyl (C=O) groups excluding carboxylic acids is 2. The summed E-state index contributed by atoms with van der Waals surface area (Å²) in [5.74, 6) is -0.893. The van der Waals surface area contributed by atoms with Crippen molar-refractivity contribution in [2.45, 2.75) is 26.3 Å². The van der Waals surface area contributed by atoms with E-state index in [-0.39, 0.29) is 47.2 Å². The van der Waals surface area contributed by atoms with Gasteiger partial charge < -0.3 is 9.80 Å². The fourth-order valence-electron chi connectivity index (χ4n) is 6.59. The van der Waals surface area contributed by atoms with Crippen molar-refractivity contribution in [3.05, 3.63) is 70.3 Å². The first kappa shape index (κ1) is 21.8. The molecule has 4 aliphatic rings. The SMILES string of the molecule is Cc1cccc(N2CCN(c3ccc(N4C(=O)[C@@H]5[C@H](C4=O)[C@H]4C=C[C@H]5C4)cc3[N+](=O)[O-])C[C@@H]2C)c1. The Morgan fingerprint density at radius 3 is 2.29 bits per heavy atom. The lowest BCUT2D eigenvalue weighted by atomic mass is 9.85. The normalized spacial score (nSPS) is 29.3. The Bertz CT molecular complexity index is 1240. The Kier molecular flexibility index (Phi) is 4.95. The molecule has 0 radical (unpaired) electrons. The summed E-state index contributed by atoms with van der Waals surface area (Å²) in [6.45, 7) is 6.21. The molecule has 3 fully saturated rings. The molecule has 8 heteroatoms. The van der Waals surface area contributed by atoms with Crippen LogP contribution in [0.1, 0.15) is 18.9 Å². The number of anilines is 3. The lowest BCUT2D eigenvalue weighted by Crippen LogP contribution is -2.52. The number of nitro groups is 1. The van der Waals surface area contributed by atoms with E-state index in [4.69, 9.17) is 0 Å². The number of imide groups is 1. The number of nitrogens with zero attached hydrogens (tertiary/aromatic N) is 4. The largest absolute Gasteiger partial charge is 0.365 e. The molecule has 2 saturated heterocycles. The number of carbonyl (C=O) groups is 2. The maximum atomic E-state index is 13.2. The molecule has 35 heavy (non-hydrogen) atoms. The van der Waals surface area contributed by atoms with Crippen LogP contribution in [-0.4, -0.2) is 42.4 Å². The van der Waals surface area contributed by atoms with Gasteiger partial charge in [-0.25, -0.2) is 4.90 Å². The number of rotatable bonds is 4. The Morgan fingerprint density at radius 1 is 0.943 bits per heavy atom. The van der Waals surface area contributed by atoms with Crippen molar-refractivity contribution in [1.82, 2.24) is 0 Å². The predicted molar refractivity (Wildman–Crippen MR) is 134 cm³/mol. The molecule has 5 atom stereocenters. The van der Waals surface area contributed by atoms with Crippen LogP contribution < -0.4 is 14.7 Å². The maximum absolute atomic E-state index is 13.2. The molecule has 2 aromatic rings. The second-order valence-corrected chi connectivity index (χ2v) is 10.3. The summed E-state index contributed by atoms with van der Waals surface area (Å²) in [6, 6.07) is 13.3. The van der Waals surface area contributed by atoms with E-state index in [1.54, 1.807) is 12.1 Å². The highest BCUT2D eigenvalue weighted by molar-refractivity contribution is 6.23. The van der Waals surface area contributed by atoms with Crippen molar-refractivity contribution in [2.24, 2.45) is 23.7 Å². The van der Waals surface area contributed by atoms with Crippen LogP contribution in [-0.2, 0) is 9.59 Å². The first-order chi connectivity index (χ1) is 16.8. The maximum Gasteiger partial charge on any atom is 0.294 e. The van der Waals surface area contributed by atoms with Crippen LogP contribution in [0.5, 0.6) is 0 Å². The minimum atomic E-state index is -0.409. The quantitative estimate of drug-likeness (QED) is 0.290. The lowest BCUT2D eigenvalue weighted by Gasteiger charge is -2.42. The zero-order valence-electron chi connectivity index (χ0n) is 19.8. The first-order valence-corrected chi connectivity index (χ1v) is 12.3. The minimum Gasteiger partial charge on any atom is -0.365 e. The molecule has 8 nitrogen and oxygen atoms in total. The number of piperazine rings is 1. The first-order valence-electron chi connectivity index (χ1n) is 12.3. The molecule has 2 aliphatic heterocycles. The number of fused-ring (bicyclic) bond motifs is 5. The van der Waals surface area contributed by atoms with Gasteiger partial charge >= 0.3 is 0 Å². The topological polar surface area (TPSA) is 87.0 Å². The molecular weight excluding hydrogens is 444 g/mol. The average Bonchev–Trinajstić information content (AvgIpc) is 3.52. The predicted octanol–water partition coefficient (Wildman–Crippen LogP) is 3.93. The average molecular weight is 473 g/mol. The van der Waals surface area contributed by atoms with Crippen LogP contribution in [0, 0.1) is 40.7 Å². The smallest absolute Gasteiger partial charge is 0.294 e. The molecule has 0 N–H and O–H groups in total. The zero-order valence-corrected chi connectivity index (χ0v) is 19.8. The van der Waals surface area contributed by atoms with Crippen LogP contribution in [0.25, 0.3) is 0 Å². The van der Waals surface area contributed by atoms with Gasteiger partial charge in [-0.15, -0.1) is 0 Å². The van der Waals surface area contributed by atoms with Gasteiger partial charge in [-0.1, -0.05) is 24.3 Å². The molecule has 2 aromatic carbocycles. The molecular formula is C27H28N4O4. The molecule has 0 aromatic heterocycles. The molecule has 1 saturated carbocycles. The standard InChI is InChI=1S/C27H28N4O4/c1-16-4-3-5-20(12-16)29-11-10-28(15-17(29)2)22-9-8-21(14-23(22)31(34)35)30-26(32)24-18-6-7-19(13-18)25(24)27(30)33/h3-9,12,14,17-19,24-25H,10-11,13,15H2,1-2H3/t17-,18-,19-,24-,25+/m0/s1. The van der Waals surface area contributed by atoms with Gasteiger partial charge in [-0.2, -0.15) is 0 Å². The van der Waals surface area contributed by atoms with E-state index in [0.29, 0.717) is 24.5 Å². The van der Waals surface area contributed by atoms with Crippen LogP contribution in [0.4, 0.5) is 22.7 Å². The number of hydrogen-bond donors (Lipinski definition) is 0. The van der Waals surface area contributed by atoms with Gasteiger partial charge in [0.05, 0.1) is 22.4 Å². The second-order valence-electron chi connectivity index (χ2n) is 10.3. The second kappa shape index (κ2) is 7.93. The summed E-state index contributed by atoms with van der Waals surface area (Å²) >= 11 is 0. The van der Waals surface area contributed by atoms with Gasteiger partial charge in [0, 0.05) is 37.4 Å². The van der Waals surface area contributed by atoms with Crippen LogP contribution in [0.3, 0.4) is 0 Å². The van der Waals surface area contributed by atoms with Crippen molar-refractivity contribution in [1.29, 1.82) is 0 Å². The van der Waals surface area contributed by atoms with E-state index >= 15 is 0 Å². The minimum absolute atomic E-state index is 0.0718. The molecule has 180 valence electrons. The number of nitro benzene ring substituents is 1. The van der Waals surface area contributed by atoms with E-state index in [9.17, 15) is 19.7 Å². The van der Waals surface area contributed by atoms with E-state index in [1.807, 2.05) is 23.1 Å². The Morgan fingerprint density at radius 2 is 1.66 bits per heavy atom. The molecule has 6 rings (SSSR count).